The number of aliphatic hydroxyl groups is 1. The largest absolute Gasteiger partial charge is 0.394 e. The van der Waals surface area contributed by atoms with Crippen LogP contribution < -0.4 is 10.6 Å². The van der Waals surface area contributed by atoms with Crippen molar-refractivity contribution in [1.29, 1.82) is 0 Å². The van der Waals surface area contributed by atoms with Gasteiger partial charge in [-0.1, -0.05) is 33.8 Å². The minimum absolute atomic E-state index is 0.0550. The molecule has 0 spiro atoms. The molecule has 0 aliphatic carbocycles. The Labute approximate surface area is 133 Å². The number of pyridine rings is 1. The molecule has 1 heterocycles. The third kappa shape index (κ3) is 5.64. The van der Waals surface area contributed by atoms with Crippen molar-refractivity contribution in [3.05, 3.63) is 29.6 Å². The smallest absolute Gasteiger partial charge is 0.315 e. The second kappa shape index (κ2) is 8.73. The Hall–Kier alpha value is -1.62. The second-order valence-corrected chi connectivity index (χ2v) is 6.55. The van der Waals surface area contributed by atoms with Crippen LogP contribution in [0, 0.1) is 18.8 Å². The SMILES string of the molecule is Cc1cccnc1C(NC(=O)NC(CO)CC(C)C)C(C)C. The van der Waals surface area contributed by atoms with Crippen LogP contribution in [-0.4, -0.2) is 28.8 Å². The number of aryl methyl sites for hydroxylation is 1. The van der Waals surface area contributed by atoms with Gasteiger partial charge in [-0.2, -0.15) is 0 Å². The van der Waals surface area contributed by atoms with Crippen molar-refractivity contribution in [2.75, 3.05) is 6.61 Å². The highest BCUT2D eigenvalue weighted by Crippen LogP contribution is 2.22. The molecular weight excluding hydrogens is 278 g/mol. The molecule has 0 saturated heterocycles. The molecule has 0 radical (unpaired) electrons. The van der Waals surface area contributed by atoms with Gasteiger partial charge in [0.15, 0.2) is 0 Å². The Kier molecular flexibility index (Phi) is 7.32. The van der Waals surface area contributed by atoms with Gasteiger partial charge in [0.05, 0.1) is 24.4 Å². The van der Waals surface area contributed by atoms with E-state index in [0.717, 1.165) is 17.7 Å². The van der Waals surface area contributed by atoms with Crippen molar-refractivity contribution in [3.63, 3.8) is 0 Å². The van der Waals surface area contributed by atoms with Crippen molar-refractivity contribution in [2.45, 2.75) is 53.1 Å². The van der Waals surface area contributed by atoms with Gasteiger partial charge in [-0.25, -0.2) is 4.79 Å². The molecule has 5 nitrogen and oxygen atoms in total. The molecule has 124 valence electrons. The molecule has 0 bridgehead atoms. The van der Waals surface area contributed by atoms with Crippen LogP contribution in [0.15, 0.2) is 18.3 Å². The van der Waals surface area contributed by atoms with Gasteiger partial charge < -0.3 is 15.7 Å². The zero-order chi connectivity index (χ0) is 16.7. The Bertz CT molecular complexity index is 475. The lowest BCUT2D eigenvalue weighted by atomic mass is 9.97. The second-order valence-electron chi connectivity index (χ2n) is 6.55. The van der Waals surface area contributed by atoms with Crippen molar-refractivity contribution in [2.24, 2.45) is 11.8 Å². The lowest BCUT2D eigenvalue weighted by molar-refractivity contribution is 0.202. The normalized spacial score (nSPS) is 14.0. The van der Waals surface area contributed by atoms with Crippen molar-refractivity contribution >= 4 is 6.03 Å². The monoisotopic (exact) mass is 307 g/mol. The quantitative estimate of drug-likeness (QED) is 0.725. The van der Waals surface area contributed by atoms with E-state index in [-0.39, 0.29) is 30.6 Å². The van der Waals surface area contributed by atoms with E-state index < -0.39 is 0 Å². The van der Waals surface area contributed by atoms with Gasteiger partial charge in [-0.15, -0.1) is 0 Å². The summed E-state index contributed by atoms with van der Waals surface area (Å²) in [4.78, 5) is 16.6. The van der Waals surface area contributed by atoms with Gasteiger partial charge in [-0.3, -0.25) is 4.98 Å². The highest BCUT2D eigenvalue weighted by Gasteiger charge is 2.22. The lowest BCUT2D eigenvalue weighted by Gasteiger charge is -2.25. The maximum Gasteiger partial charge on any atom is 0.315 e. The minimum atomic E-state index is -0.261. The van der Waals surface area contributed by atoms with Crippen LogP contribution in [0.25, 0.3) is 0 Å². The highest BCUT2D eigenvalue weighted by molar-refractivity contribution is 5.74. The predicted octanol–water partition coefficient (Wildman–Crippen LogP) is 2.79. The standard InChI is InChI=1S/C17H29N3O2/c1-11(2)9-14(10-21)19-17(22)20-15(12(3)4)16-13(5)7-6-8-18-16/h6-8,11-12,14-15,21H,9-10H2,1-5H3,(H2,19,20,22). The summed E-state index contributed by atoms with van der Waals surface area (Å²) < 4.78 is 0. The highest BCUT2D eigenvalue weighted by atomic mass is 16.3. The molecule has 1 aromatic heterocycles. The maximum atomic E-state index is 12.2. The molecule has 0 saturated carbocycles. The van der Waals surface area contributed by atoms with E-state index in [1.807, 2.05) is 19.1 Å². The van der Waals surface area contributed by atoms with Crippen molar-refractivity contribution in [1.82, 2.24) is 15.6 Å². The fourth-order valence-electron chi connectivity index (χ4n) is 2.49. The number of hydrogen-bond donors (Lipinski definition) is 3. The third-order valence-corrected chi connectivity index (χ3v) is 3.61. The number of urea groups is 1. The number of hydrogen-bond acceptors (Lipinski definition) is 3. The summed E-state index contributed by atoms with van der Waals surface area (Å²) in [5.41, 5.74) is 1.94. The minimum Gasteiger partial charge on any atom is -0.394 e. The fraction of sp³-hybridized carbons (Fsp3) is 0.647. The summed E-state index contributed by atoms with van der Waals surface area (Å²) in [7, 11) is 0. The van der Waals surface area contributed by atoms with Crippen LogP contribution in [-0.2, 0) is 0 Å². The molecule has 0 aliphatic rings. The van der Waals surface area contributed by atoms with Crippen LogP contribution in [0.2, 0.25) is 0 Å². The molecule has 2 unspecified atom stereocenters. The molecule has 1 rings (SSSR count). The number of nitrogens with one attached hydrogen (secondary N) is 2. The summed E-state index contributed by atoms with van der Waals surface area (Å²) in [6.45, 7) is 10.2. The van der Waals surface area contributed by atoms with Crippen LogP contribution in [0.5, 0.6) is 0 Å². The Morgan fingerprint density at radius 1 is 1.27 bits per heavy atom. The van der Waals surface area contributed by atoms with Crippen LogP contribution >= 0.6 is 0 Å². The third-order valence-electron chi connectivity index (χ3n) is 3.61. The lowest BCUT2D eigenvalue weighted by Crippen LogP contribution is -2.46. The molecule has 0 fully saturated rings. The zero-order valence-corrected chi connectivity index (χ0v) is 14.3. The van der Waals surface area contributed by atoms with E-state index >= 15 is 0 Å². The van der Waals surface area contributed by atoms with E-state index in [2.05, 4.69) is 43.3 Å². The summed E-state index contributed by atoms with van der Waals surface area (Å²) in [5.74, 6) is 0.633. The average molecular weight is 307 g/mol. The van der Waals surface area contributed by atoms with Gasteiger partial charge in [0.25, 0.3) is 0 Å². The molecule has 3 N–H and O–H groups in total. The fourth-order valence-corrected chi connectivity index (χ4v) is 2.49. The Balaban J connectivity index is 2.75. The zero-order valence-electron chi connectivity index (χ0n) is 14.3. The topological polar surface area (TPSA) is 74.2 Å². The number of amides is 2. The number of nitrogens with zero attached hydrogens (tertiary/aromatic N) is 1. The van der Waals surface area contributed by atoms with Gasteiger partial charge in [0, 0.05) is 6.20 Å². The van der Waals surface area contributed by atoms with Gasteiger partial charge in [0.1, 0.15) is 0 Å². The Morgan fingerprint density at radius 2 is 1.95 bits per heavy atom. The number of carbonyl (C=O) groups is 1. The van der Waals surface area contributed by atoms with E-state index in [1.165, 1.54) is 0 Å². The van der Waals surface area contributed by atoms with Gasteiger partial charge in [-0.05, 0) is 36.8 Å². The first-order valence-corrected chi connectivity index (χ1v) is 7.94. The maximum absolute atomic E-state index is 12.2. The van der Waals surface area contributed by atoms with E-state index in [4.69, 9.17) is 0 Å². The van der Waals surface area contributed by atoms with Gasteiger partial charge >= 0.3 is 6.03 Å². The van der Waals surface area contributed by atoms with E-state index in [1.54, 1.807) is 6.20 Å². The first-order chi connectivity index (χ1) is 10.3. The first-order valence-electron chi connectivity index (χ1n) is 7.94. The summed E-state index contributed by atoms with van der Waals surface area (Å²) in [6.07, 6.45) is 2.49. The molecule has 22 heavy (non-hydrogen) atoms. The summed E-state index contributed by atoms with van der Waals surface area (Å²) >= 11 is 0. The van der Waals surface area contributed by atoms with Crippen LogP contribution in [0.1, 0.15) is 51.4 Å². The van der Waals surface area contributed by atoms with Crippen LogP contribution in [0.3, 0.4) is 0 Å². The molecule has 1 aromatic rings. The molecule has 0 aliphatic heterocycles. The van der Waals surface area contributed by atoms with Crippen molar-refractivity contribution < 1.29 is 9.90 Å². The average Bonchev–Trinajstić information content (AvgIpc) is 2.44. The summed E-state index contributed by atoms with van der Waals surface area (Å²) in [6, 6.07) is 3.24. The number of carbonyl (C=O) groups excluding carboxylic acids is 1. The number of rotatable bonds is 7. The van der Waals surface area contributed by atoms with E-state index in [0.29, 0.717) is 5.92 Å². The first kappa shape index (κ1) is 18.4. The molecule has 5 heteroatoms. The van der Waals surface area contributed by atoms with E-state index in [9.17, 15) is 9.90 Å². The Morgan fingerprint density at radius 3 is 2.45 bits per heavy atom. The molecule has 2 atom stereocenters. The predicted molar refractivity (Wildman–Crippen MR) is 88.5 cm³/mol. The molecule has 0 aromatic carbocycles. The number of aliphatic hydroxyl groups excluding tert-OH is 1. The summed E-state index contributed by atoms with van der Waals surface area (Å²) in [5, 5.41) is 15.2. The molecular formula is C17H29N3O2. The van der Waals surface area contributed by atoms with Crippen molar-refractivity contribution in [3.8, 4) is 0 Å². The van der Waals surface area contributed by atoms with Gasteiger partial charge in [0.2, 0.25) is 0 Å². The van der Waals surface area contributed by atoms with Crippen LogP contribution in [0.4, 0.5) is 4.79 Å². The number of aromatic nitrogens is 1. The molecule has 2 amide bonds.